The third-order valence-corrected chi connectivity index (χ3v) is 7.13. The normalized spacial score (nSPS) is 29.0. The van der Waals surface area contributed by atoms with E-state index >= 15 is 0 Å². The number of piperidine rings is 1. The van der Waals surface area contributed by atoms with Crippen molar-refractivity contribution in [3.8, 4) is 0 Å². The predicted molar refractivity (Wildman–Crippen MR) is 112 cm³/mol. The van der Waals surface area contributed by atoms with Gasteiger partial charge in [0.05, 0.1) is 5.69 Å². The number of carbonyl (C=O) groups excluding carboxylic acids is 1. The summed E-state index contributed by atoms with van der Waals surface area (Å²) in [4.78, 5) is 22.0. The van der Waals surface area contributed by atoms with Gasteiger partial charge in [-0.3, -0.25) is 9.79 Å². The SMILES string of the molecule is C/N=C1\C(=O)N(C2CCN(C3CCC(C(C)C)CC3)CC2)c2ccccc21. The Bertz CT molecular complexity index is 710. The highest BCUT2D eigenvalue weighted by Gasteiger charge is 2.39. The second-order valence-corrected chi connectivity index (χ2v) is 8.84. The lowest BCUT2D eigenvalue weighted by molar-refractivity contribution is -0.112. The zero-order chi connectivity index (χ0) is 19.0. The standard InChI is InChI=1S/C23H33N3O/c1-16(2)17-8-10-18(11-9-17)25-14-12-19(13-15-25)26-21-7-5-4-6-20(21)22(24-3)23(26)27/h4-7,16-19H,8-15H2,1-3H3/b24-22-. The van der Waals surface area contributed by atoms with Crippen LogP contribution in [0.1, 0.15) is 57.9 Å². The first-order valence-electron chi connectivity index (χ1n) is 10.7. The lowest BCUT2D eigenvalue weighted by Crippen LogP contribution is -2.50. The molecular weight excluding hydrogens is 334 g/mol. The van der Waals surface area contributed by atoms with E-state index in [0.29, 0.717) is 11.8 Å². The average molecular weight is 368 g/mol. The Labute approximate surface area is 163 Å². The monoisotopic (exact) mass is 367 g/mol. The number of hydrogen-bond donors (Lipinski definition) is 0. The summed E-state index contributed by atoms with van der Waals surface area (Å²) in [6, 6.07) is 9.19. The van der Waals surface area contributed by atoms with Gasteiger partial charge in [-0.2, -0.15) is 0 Å². The van der Waals surface area contributed by atoms with Crippen molar-refractivity contribution in [3.63, 3.8) is 0 Å². The summed E-state index contributed by atoms with van der Waals surface area (Å²) < 4.78 is 0. The Balaban J connectivity index is 1.40. The highest BCUT2D eigenvalue weighted by molar-refractivity contribution is 6.54. The molecule has 27 heavy (non-hydrogen) atoms. The maximum atomic E-state index is 13.0. The van der Waals surface area contributed by atoms with Crippen LogP contribution in [-0.2, 0) is 4.79 Å². The first-order chi connectivity index (χ1) is 13.1. The Morgan fingerprint density at radius 3 is 2.26 bits per heavy atom. The van der Waals surface area contributed by atoms with Gasteiger partial charge in [0.15, 0.2) is 0 Å². The minimum Gasteiger partial charge on any atom is -0.303 e. The molecule has 146 valence electrons. The fraction of sp³-hybridized carbons (Fsp3) is 0.652. The van der Waals surface area contributed by atoms with Crippen LogP contribution in [0.3, 0.4) is 0 Å². The van der Waals surface area contributed by atoms with Crippen molar-refractivity contribution in [1.29, 1.82) is 0 Å². The van der Waals surface area contributed by atoms with Gasteiger partial charge in [0.25, 0.3) is 5.91 Å². The lowest BCUT2D eigenvalue weighted by Gasteiger charge is -2.43. The molecule has 0 bridgehead atoms. The van der Waals surface area contributed by atoms with Crippen LogP contribution in [0.4, 0.5) is 5.69 Å². The summed E-state index contributed by atoms with van der Waals surface area (Å²) in [6.07, 6.45) is 7.62. The Kier molecular flexibility index (Phi) is 5.36. The zero-order valence-corrected chi connectivity index (χ0v) is 17.0. The molecule has 0 spiro atoms. The smallest absolute Gasteiger partial charge is 0.277 e. The summed E-state index contributed by atoms with van der Waals surface area (Å²) in [5, 5.41) is 0. The third kappa shape index (κ3) is 3.44. The molecule has 0 radical (unpaired) electrons. The maximum Gasteiger partial charge on any atom is 0.277 e. The van der Waals surface area contributed by atoms with E-state index in [1.807, 2.05) is 23.1 Å². The molecule has 4 heteroatoms. The van der Waals surface area contributed by atoms with E-state index in [2.05, 4.69) is 29.8 Å². The van der Waals surface area contributed by atoms with Crippen LogP contribution in [0.15, 0.2) is 29.3 Å². The van der Waals surface area contributed by atoms with Gasteiger partial charge in [-0.15, -0.1) is 0 Å². The molecule has 2 aliphatic heterocycles. The predicted octanol–water partition coefficient (Wildman–Crippen LogP) is 4.13. The van der Waals surface area contributed by atoms with Gasteiger partial charge in [0, 0.05) is 37.8 Å². The third-order valence-electron chi connectivity index (χ3n) is 7.13. The average Bonchev–Trinajstić information content (AvgIpc) is 2.99. The van der Waals surface area contributed by atoms with E-state index < -0.39 is 0 Å². The van der Waals surface area contributed by atoms with Crippen molar-refractivity contribution in [2.24, 2.45) is 16.8 Å². The largest absolute Gasteiger partial charge is 0.303 e. The van der Waals surface area contributed by atoms with Crippen molar-refractivity contribution in [1.82, 2.24) is 4.90 Å². The summed E-state index contributed by atoms with van der Waals surface area (Å²) in [7, 11) is 1.73. The van der Waals surface area contributed by atoms with Gasteiger partial charge in [0.2, 0.25) is 0 Å². The molecule has 0 N–H and O–H groups in total. The van der Waals surface area contributed by atoms with E-state index in [0.717, 1.165) is 55.1 Å². The van der Waals surface area contributed by atoms with Gasteiger partial charge < -0.3 is 9.80 Å². The molecule has 1 aromatic rings. The molecular formula is C23H33N3O. The van der Waals surface area contributed by atoms with Crippen molar-refractivity contribution in [3.05, 3.63) is 29.8 Å². The molecule has 0 unspecified atom stereocenters. The van der Waals surface area contributed by atoms with Gasteiger partial charge in [-0.1, -0.05) is 32.0 Å². The number of carbonyl (C=O) groups is 1. The first kappa shape index (κ1) is 18.7. The highest BCUT2D eigenvalue weighted by atomic mass is 16.2. The summed E-state index contributed by atoms with van der Waals surface area (Å²) in [6.45, 7) is 6.98. The molecule has 2 fully saturated rings. The van der Waals surface area contributed by atoms with Crippen LogP contribution in [0.5, 0.6) is 0 Å². The number of benzene rings is 1. The van der Waals surface area contributed by atoms with Gasteiger partial charge in [-0.05, 0) is 56.4 Å². The molecule has 4 rings (SSSR count). The second kappa shape index (κ2) is 7.75. The van der Waals surface area contributed by atoms with Gasteiger partial charge in [-0.25, -0.2) is 0 Å². The Hall–Kier alpha value is -1.68. The van der Waals surface area contributed by atoms with E-state index in [9.17, 15) is 4.79 Å². The number of hydrogen-bond acceptors (Lipinski definition) is 3. The lowest BCUT2D eigenvalue weighted by atomic mass is 9.79. The fourth-order valence-electron chi connectivity index (χ4n) is 5.44. The van der Waals surface area contributed by atoms with Crippen molar-refractivity contribution in [2.75, 3.05) is 25.0 Å². The Morgan fingerprint density at radius 2 is 1.63 bits per heavy atom. The van der Waals surface area contributed by atoms with Crippen LogP contribution >= 0.6 is 0 Å². The topological polar surface area (TPSA) is 35.9 Å². The highest BCUT2D eigenvalue weighted by Crippen LogP contribution is 2.36. The molecule has 0 aromatic heterocycles. The van der Waals surface area contributed by atoms with E-state index in [1.165, 1.54) is 25.7 Å². The summed E-state index contributed by atoms with van der Waals surface area (Å²) in [5.74, 6) is 1.84. The molecule has 0 atom stereocenters. The second-order valence-electron chi connectivity index (χ2n) is 8.84. The number of para-hydroxylation sites is 1. The van der Waals surface area contributed by atoms with E-state index in [1.54, 1.807) is 7.05 Å². The van der Waals surface area contributed by atoms with E-state index in [4.69, 9.17) is 0 Å². The maximum absolute atomic E-state index is 13.0. The van der Waals surface area contributed by atoms with Crippen LogP contribution < -0.4 is 4.90 Å². The van der Waals surface area contributed by atoms with Gasteiger partial charge >= 0.3 is 0 Å². The molecule has 1 amide bonds. The molecule has 4 nitrogen and oxygen atoms in total. The summed E-state index contributed by atoms with van der Waals surface area (Å²) in [5.41, 5.74) is 2.68. The summed E-state index contributed by atoms with van der Waals surface area (Å²) >= 11 is 0. The number of fused-ring (bicyclic) bond motifs is 1. The number of nitrogens with zero attached hydrogens (tertiary/aromatic N) is 3. The molecule has 1 saturated heterocycles. The molecule has 1 aliphatic carbocycles. The van der Waals surface area contributed by atoms with Crippen LogP contribution in [-0.4, -0.2) is 48.7 Å². The van der Waals surface area contributed by atoms with Crippen LogP contribution in [0.25, 0.3) is 0 Å². The molecule has 1 aromatic carbocycles. The number of likely N-dealkylation sites (tertiary alicyclic amines) is 1. The quantitative estimate of drug-likeness (QED) is 0.805. The van der Waals surface area contributed by atoms with Gasteiger partial charge in [0.1, 0.15) is 5.71 Å². The van der Waals surface area contributed by atoms with Crippen molar-refractivity contribution >= 4 is 17.3 Å². The molecule has 3 aliphatic rings. The van der Waals surface area contributed by atoms with Crippen LogP contribution in [0.2, 0.25) is 0 Å². The number of rotatable bonds is 3. The van der Waals surface area contributed by atoms with Crippen molar-refractivity contribution in [2.45, 2.75) is 64.5 Å². The number of amides is 1. The number of aliphatic imine (C=N–C) groups is 1. The number of anilines is 1. The van der Waals surface area contributed by atoms with Crippen LogP contribution in [0, 0.1) is 11.8 Å². The minimum atomic E-state index is 0.0922. The molecule has 2 heterocycles. The fourth-order valence-corrected chi connectivity index (χ4v) is 5.44. The minimum absolute atomic E-state index is 0.0922. The first-order valence-corrected chi connectivity index (χ1v) is 10.7. The van der Waals surface area contributed by atoms with E-state index in [-0.39, 0.29) is 5.91 Å². The van der Waals surface area contributed by atoms with Crippen molar-refractivity contribution < 1.29 is 4.79 Å². The zero-order valence-electron chi connectivity index (χ0n) is 17.0. The Morgan fingerprint density at radius 1 is 0.963 bits per heavy atom. The molecule has 1 saturated carbocycles.